The molecule has 0 atom stereocenters. The van der Waals surface area contributed by atoms with Gasteiger partial charge < -0.3 is 10.6 Å². The molecule has 0 fully saturated rings. The standard InChI is InChI=1S/C18H15F2N3OS/c1-11(24)22-14-6-7-15(16(20)8-14)17-10-25-18(23-17)21-9-12-2-4-13(19)5-3-12/h2-8,10H,9H2,1H3,(H,21,23)(H,22,24). The van der Waals surface area contributed by atoms with Gasteiger partial charge in [0, 0.05) is 30.1 Å². The Labute approximate surface area is 147 Å². The lowest BCUT2D eigenvalue weighted by atomic mass is 10.1. The predicted octanol–water partition coefficient (Wildman–Crippen LogP) is 4.66. The maximum absolute atomic E-state index is 14.2. The van der Waals surface area contributed by atoms with E-state index in [1.54, 1.807) is 29.6 Å². The highest BCUT2D eigenvalue weighted by Gasteiger charge is 2.11. The molecule has 0 saturated carbocycles. The highest BCUT2D eigenvalue weighted by molar-refractivity contribution is 7.14. The van der Waals surface area contributed by atoms with Gasteiger partial charge in [0.25, 0.3) is 0 Å². The summed E-state index contributed by atoms with van der Waals surface area (Å²) in [6, 6.07) is 10.7. The van der Waals surface area contributed by atoms with E-state index in [0.717, 1.165) is 5.56 Å². The number of benzene rings is 2. The van der Waals surface area contributed by atoms with Gasteiger partial charge >= 0.3 is 0 Å². The van der Waals surface area contributed by atoms with E-state index in [-0.39, 0.29) is 11.7 Å². The third-order valence-electron chi connectivity index (χ3n) is 3.43. The van der Waals surface area contributed by atoms with Crippen LogP contribution < -0.4 is 10.6 Å². The van der Waals surface area contributed by atoms with Crippen molar-refractivity contribution in [2.75, 3.05) is 10.6 Å². The number of thiazole rings is 1. The summed E-state index contributed by atoms with van der Waals surface area (Å²) >= 11 is 1.36. The first-order chi connectivity index (χ1) is 12.0. The molecular weight excluding hydrogens is 344 g/mol. The minimum atomic E-state index is -0.457. The van der Waals surface area contributed by atoms with Crippen LogP contribution >= 0.6 is 11.3 Å². The molecule has 1 heterocycles. The molecule has 0 saturated heterocycles. The molecule has 3 rings (SSSR count). The normalized spacial score (nSPS) is 10.5. The van der Waals surface area contributed by atoms with Crippen LogP contribution in [0.1, 0.15) is 12.5 Å². The van der Waals surface area contributed by atoms with E-state index >= 15 is 0 Å². The van der Waals surface area contributed by atoms with Gasteiger partial charge in [-0.3, -0.25) is 4.79 Å². The van der Waals surface area contributed by atoms with Crippen molar-refractivity contribution in [1.82, 2.24) is 4.98 Å². The van der Waals surface area contributed by atoms with E-state index < -0.39 is 5.82 Å². The number of halogens is 2. The van der Waals surface area contributed by atoms with E-state index in [1.165, 1.54) is 36.5 Å². The van der Waals surface area contributed by atoms with E-state index in [4.69, 9.17) is 0 Å². The maximum atomic E-state index is 14.2. The molecule has 25 heavy (non-hydrogen) atoms. The lowest BCUT2D eigenvalue weighted by molar-refractivity contribution is -0.114. The smallest absolute Gasteiger partial charge is 0.221 e. The number of anilines is 2. The second kappa shape index (κ2) is 7.40. The average molecular weight is 359 g/mol. The quantitative estimate of drug-likeness (QED) is 0.697. The van der Waals surface area contributed by atoms with Crippen LogP contribution in [-0.4, -0.2) is 10.9 Å². The molecule has 0 aliphatic heterocycles. The summed E-state index contributed by atoms with van der Waals surface area (Å²) in [5.41, 5.74) is 2.20. The van der Waals surface area contributed by atoms with Gasteiger partial charge in [0.2, 0.25) is 5.91 Å². The van der Waals surface area contributed by atoms with Crippen molar-refractivity contribution < 1.29 is 13.6 Å². The fourth-order valence-electron chi connectivity index (χ4n) is 2.26. The highest BCUT2D eigenvalue weighted by atomic mass is 32.1. The number of aromatic nitrogens is 1. The van der Waals surface area contributed by atoms with Crippen LogP contribution in [-0.2, 0) is 11.3 Å². The first-order valence-electron chi connectivity index (χ1n) is 7.52. The Kier molecular flexibility index (Phi) is 5.04. The van der Waals surface area contributed by atoms with Crippen LogP contribution in [0.5, 0.6) is 0 Å². The molecule has 128 valence electrons. The molecule has 7 heteroatoms. The van der Waals surface area contributed by atoms with Crippen molar-refractivity contribution >= 4 is 28.1 Å². The molecule has 4 nitrogen and oxygen atoms in total. The fraction of sp³-hybridized carbons (Fsp3) is 0.111. The summed E-state index contributed by atoms with van der Waals surface area (Å²) in [6.07, 6.45) is 0. The third kappa shape index (κ3) is 4.39. The van der Waals surface area contributed by atoms with Crippen molar-refractivity contribution in [1.29, 1.82) is 0 Å². The second-order valence-corrected chi connectivity index (χ2v) is 6.25. The SMILES string of the molecule is CC(=O)Nc1ccc(-c2csc(NCc3ccc(F)cc3)n2)c(F)c1. The van der Waals surface area contributed by atoms with Crippen molar-refractivity contribution in [3.63, 3.8) is 0 Å². The summed E-state index contributed by atoms with van der Waals surface area (Å²) < 4.78 is 27.1. The Bertz CT molecular complexity index is 894. The lowest BCUT2D eigenvalue weighted by Gasteiger charge is -2.05. The van der Waals surface area contributed by atoms with Crippen molar-refractivity contribution in [2.24, 2.45) is 0 Å². The van der Waals surface area contributed by atoms with Crippen LogP contribution in [0.2, 0.25) is 0 Å². The number of amides is 1. The monoisotopic (exact) mass is 359 g/mol. The van der Waals surface area contributed by atoms with E-state index in [0.29, 0.717) is 28.6 Å². The van der Waals surface area contributed by atoms with Gasteiger partial charge in [-0.25, -0.2) is 13.8 Å². The molecule has 1 aromatic heterocycles. The Hall–Kier alpha value is -2.80. The number of nitrogens with zero attached hydrogens (tertiary/aromatic N) is 1. The minimum Gasteiger partial charge on any atom is -0.357 e. The molecule has 0 unspecified atom stereocenters. The van der Waals surface area contributed by atoms with E-state index in [9.17, 15) is 13.6 Å². The van der Waals surface area contributed by atoms with Gasteiger partial charge in [0.1, 0.15) is 11.6 Å². The molecule has 0 aliphatic rings. The van der Waals surface area contributed by atoms with Crippen LogP contribution in [0.25, 0.3) is 11.3 Å². The Morgan fingerprint density at radius 1 is 1.16 bits per heavy atom. The Morgan fingerprint density at radius 3 is 2.60 bits per heavy atom. The Morgan fingerprint density at radius 2 is 1.92 bits per heavy atom. The number of nitrogens with one attached hydrogen (secondary N) is 2. The summed E-state index contributed by atoms with van der Waals surface area (Å²) in [7, 11) is 0. The molecule has 0 aliphatic carbocycles. The zero-order chi connectivity index (χ0) is 17.8. The molecule has 0 spiro atoms. The number of hydrogen-bond donors (Lipinski definition) is 2. The Balaban J connectivity index is 1.70. The molecular formula is C18H15F2N3OS. The number of carbonyl (C=O) groups is 1. The average Bonchev–Trinajstić information content (AvgIpc) is 3.02. The third-order valence-corrected chi connectivity index (χ3v) is 4.23. The lowest BCUT2D eigenvalue weighted by Crippen LogP contribution is -2.06. The zero-order valence-electron chi connectivity index (χ0n) is 13.3. The topological polar surface area (TPSA) is 54.0 Å². The molecule has 2 N–H and O–H groups in total. The largest absolute Gasteiger partial charge is 0.357 e. The predicted molar refractivity (Wildman–Crippen MR) is 95.5 cm³/mol. The number of carbonyl (C=O) groups excluding carboxylic acids is 1. The van der Waals surface area contributed by atoms with Crippen LogP contribution in [0, 0.1) is 11.6 Å². The summed E-state index contributed by atoms with van der Waals surface area (Å²) in [5, 5.41) is 8.07. The zero-order valence-corrected chi connectivity index (χ0v) is 14.2. The summed E-state index contributed by atoms with van der Waals surface area (Å²) in [4.78, 5) is 15.4. The molecule has 0 bridgehead atoms. The van der Waals surface area contributed by atoms with Crippen molar-refractivity contribution in [3.8, 4) is 11.3 Å². The fourth-order valence-corrected chi connectivity index (χ4v) is 2.97. The molecule has 1 amide bonds. The van der Waals surface area contributed by atoms with Crippen LogP contribution in [0.4, 0.5) is 19.6 Å². The highest BCUT2D eigenvalue weighted by Crippen LogP contribution is 2.28. The van der Waals surface area contributed by atoms with E-state index in [1.807, 2.05) is 0 Å². The van der Waals surface area contributed by atoms with Crippen molar-refractivity contribution in [3.05, 3.63) is 65.0 Å². The number of rotatable bonds is 5. The van der Waals surface area contributed by atoms with Gasteiger partial charge in [-0.05, 0) is 35.9 Å². The summed E-state index contributed by atoms with van der Waals surface area (Å²) in [6.45, 7) is 1.86. The number of hydrogen-bond acceptors (Lipinski definition) is 4. The van der Waals surface area contributed by atoms with Crippen LogP contribution in [0.15, 0.2) is 47.8 Å². The first-order valence-corrected chi connectivity index (χ1v) is 8.40. The van der Waals surface area contributed by atoms with Gasteiger partial charge in [-0.15, -0.1) is 11.3 Å². The van der Waals surface area contributed by atoms with Gasteiger partial charge in [-0.1, -0.05) is 12.1 Å². The van der Waals surface area contributed by atoms with E-state index in [2.05, 4.69) is 15.6 Å². The molecule has 3 aromatic rings. The molecule has 2 aromatic carbocycles. The second-order valence-electron chi connectivity index (χ2n) is 5.39. The first kappa shape index (κ1) is 17.0. The van der Waals surface area contributed by atoms with Gasteiger partial charge in [-0.2, -0.15) is 0 Å². The summed E-state index contributed by atoms with van der Waals surface area (Å²) in [5.74, 6) is -0.992. The maximum Gasteiger partial charge on any atom is 0.221 e. The van der Waals surface area contributed by atoms with Crippen molar-refractivity contribution in [2.45, 2.75) is 13.5 Å². The molecule has 0 radical (unpaired) electrons. The van der Waals surface area contributed by atoms with Crippen LogP contribution in [0.3, 0.4) is 0 Å². The van der Waals surface area contributed by atoms with Gasteiger partial charge in [0.15, 0.2) is 5.13 Å². The van der Waals surface area contributed by atoms with Gasteiger partial charge in [0.05, 0.1) is 5.69 Å². The minimum absolute atomic E-state index is 0.256.